The van der Waals surface area contributed by atoms with Crippen molar-refractivity contribution < 1.29 is 18.7 Å². The first-order valence-electron chi connectivity index (χ1n) is 5.87. The summed E-state index contributed by atoms with van der Waals surface area (Å²) in [5.74, 6) is -0.378. The molecule has 1 aromatic carbocycles. The van der Waals surface area contributed by atoms with E-state index in [1.54, 1.807) is 30.3 Å². The molecule has 0 atom stereocenters. The number of benzene rings is 1. The number of nitrogens with one attached hydrogen (secondary N) is 1. The molecule has 20 heavy (non-hydrogen) atoms. The van der Waals surface area contributed by atoms with Gasteiger partial charge < -0.3 is 14.5 Å². The van der Waals surface area contributed by atoms with Crippen LogP contribution in [0.4, 0.5) is 0 Å². The predicted molar refractivity (Wildman–Crippen MR) is 72.3 cm³/mol. The highest BCUT2D eigenvalue weighted by molar-refractivity contribution is 6.30. The fourth-order valence-electron chi connectivity index (χ4n) is 1.48. The molecule has 0 saturated carbocycles. The first-order valence-corrected chi connectivity index (χ1v) is 6.25. The number of hydrogen-bond donors (Lipinski definition) is 1. The molecule has 1 N–H and O–H groups in total. The van der Waals surface area contributed by atoms with Crippen molar-refractivity contribution in [3.05, 3.63) is 59.0 Å². The van der Waals surface area contributed by atoms with E-state index in [1.165, 1.54) is 12.3 Å². The lowest BCUT2D eigenvalue weighted by molar-refractivity contribution is -0.124. The van der Waals surface area contributed by atoms with Gasteiger partial charge in [0.2, 0.25) is 0 Å². The summed E-state index contributed by atoms with van der Waals surface area (Å²) in [5, 5.41) is 3.00. The minimum absolute atomic E-state index is 0.251. The number of carbonyl (C=O) groups is 2. The van der Waals surface area contributed by atoms with Gasteiger partial charge in [-0.05, 0) is 30.3 Å². The zero-order valence-corrected chi connectivity index (χ0v) is 11.2. The van der Waals surface area contributed by atoms with Gasteiger partial charge in [-0.2, -0.15) is 0 Å². The van der Waals surface area contributed by atoms with Crippen LogP contribution in [0, 0.1) is 0 Å². The van der Waals surface area contributed by atoms with Crippen molar-refractivity contribution in [2.75, 3.05) is 6.61 Å². The third-order valence-electron chi connectivity index (χ3n) is 2.43. The Morgan fingerprint density at radius 2 is 2.10 bits per heavy atom. The van der Waals surface area contributed by atoms with Crippen LogP contribution in [0.25, 0.3) is 0 Å². The second kappa shape index (κ2) is 6.77. The van der Waals surface area contributed by atoms with Crippen molar-refractivity contribution in [1.29, 1.82) is 0 Å². The van der Waals surface area contributed by atoms with Crippen LogP contribution in [0.5, 0.6) is 0 Å². The number of furan rings is 1. The molecule has 104 valence electrons. The Labute approximate surface area is 120 Å². The maximum atomic E-state index is 11.7. The lowest BCUT2D eigenvalue weighted by Crippen LogP contribution is -2.28. The number of hydrogen-bond acceptors (Lipinski definition) is 4. The Bertz CT molecular complexity index is 595. The zero-order valence-electron chi connectivity index (χ0n) is 10.5. The molecule has 1 aromatic heterocycles. The summed E-state index contributed by atoms with van der Waals surface area (Å²) < 4.78 is 9.93. The van der Waals surface area contributed by atoms with Gasteiger partial charge in [0.15, 0.2) is 6.61 Å². The molecule has 1 amide bonds. The van der Waals surface area contributed by atoms with Crippen molar-refractivity contribution in [2.45, 2.75) is 6.54 Å². The second-order valence-corrected chi connectivity index (χ2v) is 4.38. The summed E-state index contributed by atoms with van der Waals surface area (Å²) >= 11 is 5.76. The maximum Gasteiger partial charge on any atom is 0.338 e. The smallest absolute Gasteiger partial charge is 0.338 e. The van der Waals surface area contributed by atoms with Crippen LogP contribution < -0.4 is 5.32 Å². The van der Waals surface area contributed by atoms with Crippen LogP contribution >= 0.6 is 11.6 Å². The molecule has 0 aliphatic rings. The number of esters is 1. The van der Waals surface area contributed by atoms with E-state index in [-0.39, 0.29) is 13.2 Å². The Morgan fingerprint density at radius 1 is 1.25 bits per heavy atom. The van der Waals surface area contributed by atoms with E-state index in [2.05, 4.69) is 5.32 Å². The molecule has 0 fully saturated rings. The van der Waals surface area contributed by atoms with Crippen LogP contribution in [0.3, 0.4) is 0 Å². The molecule has 2 aromatic rings. The van der Waals surface area contributed by atoms with Gasteiger partial charge in [0, 0.05) is 5.02 Å². The Hall–Kier alpha value is -2.27. The Morgan fingerprint density at radius 3 is 2.80 bits per heavy atom. The summed E-state index contributed by atoms with van der Waals surface area (Å²) in [6, 6.07) is 9.78. The number of ether oxygens (including phenoxy) is 1. The molecular formula is C14H12ClNO4. The molecule has 0 aliphatic carbocycles. The van der Waals surface area contributed by atoms with Gasteiger partial charge in [-0.3, -0.25) is 4.79 Å². The SMILES string of the molecule is O=C(COC(=O)c1cccc(Cl)c1)NCc1ccco1. The average Bonchev–Trinajstić information content (AvgIpc) is 2.95. The predicted octanol–water partition coefficient (Wildman–Crippen LogP) is 2.41. The highest BCUT2D eigenvalue weighted by atomic mass is 35.5. The largest absolute Gasteiger partial charge is 0.467 e. The summed E-state index contributed by atoms with van der Waals surface area (Å²) in [6.07, 6.45) is 1.51. The molecule has 1 heterocycles. The molecule has 2 rings (SSSR count). The molecule has 0 aliphatic heterocycles. The van der Waals surface area contributed by atoms with Crippen LogP contribution in [-0.4, -0.2) is 18.5 Å². The first-order chi connectivity index (χ1) is 9.65. The van der Waals surface area contributed by atoms with Gasteiger partial charge in [-0.25, -0.2) is 4.79 Å². The monoisotopic (exact) mass is 293 g/mol. The molecular weight excluding hydrogens is 282 g/mol. The minimum atomic E-state index is -0.597. The number of amides is 1. The molecule has 0 spiro atoms. The standard InChI is InChI=1S/C14H12ClNO4/c15-11-4-1-3-10(7-11)14(18)20-9-13(17)16-8-12-5-2-6-19-12/h1-7H,8-9H2,(H,16,17). The zero-order chi connectivity index (χ0) is 14.4. The topological polar surface area (TPSA) is 68.5 Å². The quantitative estimate of drug-likeness (QED) is 0.860. The fraction of sp³-hybridized carbons (Fsp3) is 0.143. The van der Waals surface area contributed by atoms with E-state index >= 15 is 0 Å². The van der Waals surface area contributed by atoms with Crippen LogP contribution in [0.15, 0.2) is 47.1 Å². The molecule has 0 saturated heterocycles. The molecule has 0 radical (unpaired) electrons. The normalized spacial score (nSPS) is 10.1. The van der Waals surface area contributed by atoms with Crippen molar-refractivity contribution in [3.8, 4) is 0 Å². The fourth-order valence-corrected chi connectivity index (χ4v) is 1.67. The van der Waals surface area contributed by atoms with Crippen molar-refractivity contribution in [1.82, 2.24) is 5.32 Å². The average molecular weight is 294 g/mol. The van der Waals surface area contributed by atoms with Gasteiger partial charge in [-0.15, -0.1) is 0 Å². The van der Waals surface area contributed by atoms with Crippen LogP contribution in [0.2, 0.25) is 5.02 Å². The number of carbonyl (C=O) groups excluding carboxylic acids is 2. The summed E-state index contributed by atoms with van der Waals surface area (Å²) in [6.45, 7) is -0.105. The van der Waals surface area contributed by atoms with Gasteiger partial charge in [0.05, 0.1) is 18.4 Å². The summed E-state index contributed by atoms with van der Waals surface area (Å²) in [7, 11) is 0. The van der Waals surface area contributed by atoms with E-state index in [0.29, 0.717) is 16.3 Å². The van der Waals surface area contributed by atoms with Crippen LogP contribution in [0.1, 0.15) is 16.1 Å². The third kappa shape index (κ3) is 4.13. The number of halogens is 1. The minimum Gasteiger partial charge on any atom is -0.467 e. The lowest BCUT2D eigenvalue weighted by atomic mass is 10.2. The van der Waals surface area contributed by atoms with Crippen molar-refractivity contribution in [3.63, 3.8) is 0 Å². The summed E-state index contributed by atoms with van der Waals surface area (Å²) in [4.78, 5) is 23.1. The van der Waals surface area contributed by atoms with E-state index in [4.69, 9.17) is 20.8 Å². The lowest BCUT2D eigenvalue weighted by Gasteiger charge is -2.05. The molecule has 0 bridgehead atoms. The third-order valence-corrected chi connectivity index (χ3v) is 2.67. The molecule has 0 unspecified atom stereocenters. The van der Waals surface area contributed by atoms with Gasteiger partial charge in [0.25, 0.3) is 5.91 Å². The van der Waals surface area contributed by atoms with Crippen LogP contribution in [-0.2, 0) is 16.1 Å². The van der Waals surface area contributed by atoms with E-state index in [0.717, 1.165) is 0 Å². The maximum absolute atomic E-state index is 11.7. The second-order valence-electron chi connectivity index (χ2n) is 3.94. The Kier molecular flexibility index (Phi) is 4.79. The molecule has 6 heteroatoms. The highest BCUT2D eigenvalue weighted by Gasteiger charge is 2.10. The Balaban J connectivity index is 1.77. The van der Waals surface area contributed by atoms with Gasteiger partial charge >= 0.3 is 5.97 Å². The van der Waals surface area contributed by atoms with Gasteiger partial charge in [0.1, 0.15) is 5.76 Å². The van der Waals surface area contributed by atoms with Crippen molar-refractivity contribution in [2.24, 2.45) is 0 Å². The van der Waals surface area contributed by atoms with E-state index in [1.807, 2.05) is 0 Å². The van der Waals surface area contributed by atoms with E-state index in [9.17, 15) is 9.59 Å². The van der Waals surface area contributed by atoms with E-state index < -0.39 is 11.9 Å². The summed E-state index contributed by atoms with van der Waals surface area (Å²) in [5.41, 5.74) is 0.302. The van der Waals surface area contributed by atoms with Gasteiger partial charge in [-0.1, -0.05) is 17.7 Å². The first kappa shape index (κ1) is 14.1. The highest BCUT2D eigenvalue weighted by Crippen LogP contribution is 2.11. The number of rotatable bonds is 5. The molecule has 5 nitrogen and oxygen atoms in total. The van der Waals surface area contributed by atoms with Crippen molar-refractivity contribution >= 4 is 23.5 Å².